The van der Waals surface area contributed by atoms with Gasteiger partial charge in [-0.2, -0.15) is 0 Å². The molecular weight excluding hydrogens is 535 g/mol. The third kappa shape index (κ3) is 6.07. The highest BCUT2D eigenvalue weighted by Crippen LogP contribution is 2.24. The zero-order valence-corrected chi connectivity index (χ0v) is 26.3. The van der Waals surface area contributed by atoms with Crippen LogP contribution in [0.25, 0.3) is 0 Å². The van der Waals surface area contributed by atoms with Gasteiger partial charge in [-0.15, -0.1) is 0 Å². The van der Waals surface area contributed by atoms with Crippen molar-refractivity contribution in [3.8, 4) is 0 Å². The molecule has 1 radical (unpaired) electrons. The number of aromatic nitrogens is 2. The van der Waals surface area contributed by atoms with Crippen LogP contribution in [0, 0.1) is 0 Å². The highest BCUT2D eigenvalue weighted by Gasteiger charge is 2.41. The molecule has 5 aromatic carbocycles. The highest BCUT2D eigenvalue weighted by molar-refractivity contribution is 7.10. The van der Waals surface area contributed by atoms with E-state index in [4.69, 9.17) is 4.98 Å². The summed E-state index contributed by atoms with van der Waals surface area (Å²) in [6.07, 6.45) is 4.97. The first-order valence-electron chi connectivity index (χ1n) is 15.1. The van der Waals surface area contributed by atoms with Crippen molar-refractivity contribution in [2.45, 2.75) is 38.2 Å². The van der Waals surface area contributed by atoms with Crippen molar-refractivity contribution in [3.05, 3.63) is 175 Å². The quantitative estimate of drug-likeness (QED) is 0.153. The van der Waals surface area contributed by atoms with Gasteiger partial charge >= 0.3 is 0 Å². The Bertz CT molecular complexity index is 1660. The van der Waals surface area contributed by atoms with E-state index in [1.165, 1.54) is 32.3 Å². The van der Waals surface area contributed by atoms with Crippen molar-refractivity contribution >= 4 is 36.6 Å². The van der Waals surface area contributed by atoms with Gasteiger partial charge in [0.25, 0.3) is 0 Å². The fourth-order valence-electron chi connectivity index (χ4n) is 6.19. The molecule has 4 heteroatoms. The van der Waals surface area contributed by atoms with E-state index in [2.05, 4.69) is 184 Å². The summed E-state index contributed by atoms with van der Waals surface area (Å²) in [6, 6.07) is 53.2. The van der Waals surface area contributed by atoms with Gasteiger partial charge in [0.2, 0.25) is 7.28 Å². The number of nitrogens with zero attached hydrogens (tertiary/aromatic N) is 2. The van der Waals surface area contributed by atoms with Gasteiger partial charge < -0.3 is 4.57 Å². The van der Waals surface area contributed by atoms with Crippen LogP contribution in [0.4, 0.5) is 0 Å². The van der Waals surface area contributed by atoms with E-state index in [0.717, 1.165) is 11.9 Å². The first-order chi connectivity index (χ1) is 20.9. The summed E-state index contributed by atoms with van der Waals surface area (Å²) in [6.45, 7) is 6.91. The van der Waals surface area contributed by atoms with Crippen LogP contribution in [-0.2, 0) is 11.6 Å². The molecule has 0 spiro atoms. The second kappa shape index (κ2) is 12.4. The van der Waals surface area contributed by atoms with Crippen molar-refractivity contribution < 1.29 is 0 Å². The Morgan fingerprint density at radius 3 is 1.63 bits per heavy atom. The summed E-state index contributed by atoms with van der Waals surface area (Å²) in [4.78, 5) is 4.96. The monoisotopic (exact) mass is 573 g/mol. The average molecular weight is 574 g/mol. The van der Waals surface area contributed by atoms with Gasteiger partial charge in [-0.05, 0) is 43.5 Å². The van der Waals surface area contributed by atoms with E-state index in [9.17, 15) is 0 Å². The van der Waals surface area contributed by atoms with Crippen molar-refractivity contribution in [2.24, 2.45) is 0 Å². The maximum atomic E-state index is 4.96. The molecule has 0 aliphatic rings. The zero-order chi connectivity index (χ0) is 29.7. The summed E-state index contributed by atoms with van der Waals surface area (Å²) >= 11 is 0. The van der Waals surface area contributed by atoms with Crippen LogP contribution in [-0.4, -0.2) is 24.9 Å². The van der Waals surface area contributed by atoms with E-state index in [1.54, 1.807) is 0 Å². The molecule has 211 valence electrons. The Kier molecular flexibility index (Phi) is 8.31. The molecule has 0 amide bonds. The predicted molar refractivity (Wildman–Crippen MR) is 185 cm³/mol. The minimum atomic E-state index is -2.58. The van der Waals surface area contributed by atoms with E-state index < -0.39 is 8.07 Å². The first-order valence-corrected chi connectivity index (χ1v) is 17.3. The number of rotatable bonds is 9. The molecule has 1 aromatic heterocycles. The van der Waals surface area contributed by atoms with E-state index in [1.807, 2.05) is 6.20 Å². The predicted octanol–water partition coefficient (Wildman–Crippen LogP) is 6.01. The molecule has 0 aliphatic heterocycles. The minimum absolute atomic E-state index is 0.0516. The van der Waals surface area contributed by atoms with Gasteiger partial charge in [0, 0.05) is 18.6 Å². The van der Waals surface area contributed by atoms with Crippen LogP contribution in [0.5, 0.6) is 0 Å². The average Bonchev–Trinajstić information content (AvgIpc) is 3.50. The van der Waals surface area contributed by atoms with E-state index in [0.29, 0.717) is 0 Å². The van der Waals surface area contributed by atoms with Crippen molar-refractivity contribution in [1.29, 1.82) is 0 Å². The van der Waals surface area contributed by atoms with Crippen LogP contribution in [0.1, 0.15) is 43.3 Å². The zero-order valence-electron chi connectivity index (χ0n) is 25.3. The van der Waals surface area contributed by atoms with Gasteiger partial charge in [0.1, 0.15) is 0 Å². The molecule has 0 fully saturated rings. The van der Waals surface area contributed by atoms with Gasteiger partial charge in [-0.25, -0.2) is 0 Å². The molecule has 0 saturated heterocycles. The summed E-state index contributed by atoms with van der Waals surface area (Å²) in [5.41, 5.74) is 4.93. The first kappa shape index (κ1) is 28.7. The Morgan fingerprint density at radius 2 is 1.12 bits per heavy atom. The molecule has 0 bridgehead atoms. The van der Waals surface area contributed by atoms with Crippen molar-refractivity contribution in [3.63, 3.8) is 0 Å². The van der Waals surface area contributed by atoms with Gasteiger partial charge in [-0.3, -0.25) is 4.98 Å². The summed E-state index contributed by atoms with van der Waals surface area (Å²) in [5.74, 6) is 0.0947. The maximum absolute atomic E-state index is 4.96. The van der Waals surface area contributed by atoms with Crippen LogP contribution < -0.4 is 21.3 Å². The molecular formula is C39H38BN2Si. The molecule has 0 saturated carbocycles. The van der Waals surface area contributed by atoms with Crippen LogP contribution in [0.3, 0.4) is 0 Å². The Morgan fingerprint density at radius 1 is 0.628 bits per heavy atom. The smallest absolute Gasteiger partial charge is 0.215 e. The second-order valence-electron chi connectivity index (χ2n) is 12.3. The lowest BCUT2D eigenvalue weighted by atomic mass is 9.58. The van der Waals surface area contributed by atoms with Crippen LogP contribution in [0.2, 0.25) is 0 Å². The molecule has 1 heterocycles. The van der Waals surface area contributed by atoms with Crippen molar-refractivity contribution in [1.82, 2.24) is 9.55 Å². The fourth-order valence-corrected chi connectivity index (χ4v) is 10.8. The van der Waals surface area contributed by atoms with Gasteiger partial charge in [-0.1, -0.05) is 166 Å². The minimum Gasteiger partial charge on any atom is -0.345 e. The maximum Gasteiger partial charge on any atom is 0.215 e. The lowest BCUT2D eigenvalue weighted by Gasteiger charge is -2.36. The lowest BCUT2D eigenvalue weighted by molar-refractivity contribution is 0.590. The second-order valence-corrected chi connectivity index (χ2v) is 16.2. The SMILES string of the molecule is CC(C)(C)c1cccc([Si](Cn2ccnc2[B]C(c2ccccc2)c2ccccc2)(c2ccccc2)c2ccccc2)c1. The molecule has 6 rings (SSSR count). The molecule has 0 aliphatic carbocycles. The van der Waals surface area contributed by atoms with Crippen LogP contribution in [0.15, 0.2) is 158 Å². The van der Waals surface area contributed by atoms with Crippen molar-refractivity contribution in [2.75, 3.05) is 0 Å². The molecule has 43 heavy (non-hydrogen) atoms. The largest absolute Gasteiger partial charge is 0.345 e. The summed E-state index contributed by atoms with van der Waals surface area (Å²) < 4.78 is 2.40. The molecule has 6 aromatic rings. The lowest BCUT2D eigenvalue weighted by Crippen LogP contribution is -2.70. The third-order valence-electron chi connectivity index (χ3n) is 8.54. The Labute approximate surface area is 258 Å². The number of hydrogen-bond acceptors (Lipinski definition) is 1. The standard InChI is InChI=1S/C39H38BN2Si/c1-39(2,3)33-21-16-26-36(29-33)43(34-22-12-6-13-23-34,35-24-14-7-15-25-35)30-42-28-27-41-38(42)40-37(31-17-8-4-9-18-31)32-19-10-5-11-20-32/h4-29,37H,30H2,1-3H3. The summed E-state index contributed by atoms with van der Waals surface area (Å²) in [7, 11) is -0.238. The number of hydrogen-bond donors (Lipinski definition) is 0. The fraction of sp³-hybridized carbons (Fsp3) is 0.154. The van der Waals surface area contributed by atoms with E-state index >= 15 is 0 Å². The molecule has 0 atom stereocenters. The van der Waals surface area contributed by atoms with Gasteiger partial charge in [0.15, 0.2) is 8.07 Å². The highest BCUT2D eigenvalue weighted by atomic mass is 28.3. The topological polar surface area (TPSA) is 17.8 Å². The molecule has 0 N–H and O–H groups in total. The van der Waals surface area contributed by atoms with Gasteiger partial charge in [0.05, 0.1) is 5.72 Å². The third-order valence-corrected chi connectivity index (χ3v) is 13.3. The Hall–Kier alpha value is -4.41. The van der Waals surface area contributed by atoms with E-state index in [-0.39, 0.29) is 11.2 Å². The normalized spacial score (nSPS) is 11.9. The molecule has 0 unspecified atom stereocenters. The number of imidazole rings is 1. The molecule has 2 nitrogen and oxygen atoms in total. The Balaban J connectivity index is 1.51. The summed E-state index contributed by atoms with van der Waals surface area (Å²) in [5, 5.41) is 4.21. The van der Waals surface area contributed by atoms with Crippen LogP contribution >= 0.6 is 0 Å². The number of benzene rings is 5.